The van der Waals surface area contributed by atoms with Crippen molar-refractivity contribution in [2.75, 3.05) is 5.32 Å². The molecule has 0 saturated heterocycles. The third kappa shape index (κ3) is 2.36. The van der Waals surface area contributed by atoms with Gasteiger partial charge in [-0.15, -0.1) is 0 Å². The molecule has 0 aliphatic carbocycles. The number of hydrogen-bond donors (Lipinski definition) is 1. The molecule has 0 aliphatic rings. The van der Waals surface area contributed by atoms with Gasteiger partial charge in [0, 0.05) is 11.1 Å². The zero-order chi connectivity index (χ0) is 14.9. The highest BCUT2D eigenvalue weighted by Gasteiger charge is 2.24. The van der Waals surface area contributed by atoms with Crippen LogP contribution in [0, 0.1) is 30.2 Å². The highest BCUT2D eigenvalue weighted by atomic mass is 19.2. The molecule has 1 N–H and O–H groups in total. The van der Waals surface area contributed by atoms with E-state index in [1.54, 1.807) is 6.07 Å². The predicted octanol–water partition coefficient (Wildman–Crippen LogP) is 3.80. The van der Waals surface area contributed by atoms with Crippen molar-refractivity contribution >= 4 is 11.6 Å². The number of hydrogen-bond acceptors (Lipinski definition) is 1. The number of nitrogens with one attached hydrogen (secondary N) is 1. The first-order valence-corrected chi connectivity index (χ1v) is 5.62. The molecule has 2 aromatic rings. The van der Waals surface area contributed by atoms with Crippen molar-refractivity contribution in [3.63, 3.8) is 0 Å². The van der Waals surface area contributed by atoms with Crippen molar-refractivity contribution in [1.29, 1.82) is 0 Å². The van der Waals surface area contributed by atoms with E-state index in [1.807, 2.05) is 5.32 Å². The molecule has 0 aliphatic heterocycles. The Balaban J connectivity index is 2.43. The van der Waals surface area contributed by atoms with E-state index in [9.17, 15) is 22.4 Å². The molecule has 0 saturated carbocycles. The smallest absolute Gasteiger partial charge is 0.255 e. The molecular formula is C14H9F4NO. The van der Waals surface area contributed by atoms with E-state index in [0.717, 1.165) is 6.92 Å². The van der Waals surface area contributed by atoms with E-state index >= 15 is 0 Å². The minimum atomic E-state index is -1.63. The molecule has 0 bridgehead atoms. The summed E-state index contributed by atoms with van der Waals surface area (Å²) >= 11 is 0. The summed E-state index contributed by atoms with van der Waals surface area (Å²) in [6.45, 7) is 0.902. The van der Waals surface area contributed by atoms with Crippen LogP contribution in [0.4, 0.5) is 23.2 Å². The van der Waals surface area contributed by atoms with E-state index in [-0.39, 0.29) is 5.56 Å². The lowest BCUT2D eigenvalue weighted by Crippen LogP contribution is -2.16. The van der Waals surface area contributed by atoms with Crippen LogP contribution < -0.4 is 5.32 Å². The Bertz CT molecular complexity index is 642. The fourth-order valence-corrected chi connectivity index (χ4v) is 1.63. The molecule has 2 aromatic carbocycles. The van der Waals surface area contributed by atoms with Gasteiger partial charge < -0.3 is 5.32 Å². The second kappa shape index (κ2) is 5.32. The largest absolute Gasteiger partial charge is 0.317 e. The van der Waals surface area contributed by atoms with Crippen LogP contribution in [0.2, 0.25) is 0 Å². The van der Waals surface area contributed by atoms with E-state index in [2.05, 4.69) is 0 Å². The van der Waals surface area contributed by atoms with Gasteiger partial charge in [-0.3, -0.25) is 4.79 Å². The minimum Gasteiger partial charge on any atom is -0.317 e. The lowest BCUT2D eigenvalue weighted by atomic mass is 10.1. The quantitative estimate of drug-likeness (QED) is 0.659. The molecule has 0 spiro atoms. The second-order valence-corrected chi connectivity index (χ2v) is 4.08. The summed E-state index contributed by atoms with van der Waals surface area (Å²) < 4.78 is 53.9. The Morgan fingerprint density at radius 1 is 0.900 bits per heavy atom. The SMILES string of the molecule is Cc1c(F)c(F)c(NC(=O)c2ccccc2)c(F)c1F. The summed E-state index contributed by atoms with van der Waals surface area (Å²) in [7, 11) is 0. The summed E-state index contributed by atoms with van der Waals surface area (Å²) in [5.41, 5.74) is -1.81. The van der Waals surface area contributed by atoms with Crippen LogP contribution in [0.15, 0.2) is 30.3 Å². The molecule has 6 heteroatoms. The topological polar surface area (TPSA) is 29.1 Å². The maximum absolute atomic E-state index is 13.6. The molecule has 2 rings (SSSR count). The Morgan fingerprint density at radius 2 is 1.40 bits per heavy atom. The monoisotopic (exact) mass is 283 g/mol. The first-order valence-electron chi connectivity index (χ1n) is 5.62. The molecule has 0 fully saturated rings. The van der Waals surface area contributed by atoms with Gasteiger partial charge >= 0.3 is 0 Å². The number of rotatable bonds is 2. The third-order valence-corrected chi connectivity index (χ3v) is 2.76. The molecule has 2 nitrogen and oxygen atoms in total. The van der Waals surface area contributed by atoms with Gasteiger partial charge in [0.2, 0.25) is 0 Å². The molecule has 1 amide bonds. The Morgan fingerprint density at radius 3 is 1.90 bits per heavy atom. The number of carbonyl (C=O) groups is 1. The summed E-state index contributed by atoms with van der Waals surface area (Å²) in [5, 5.41) is 1.83. The van der Waals surface area contributed by atoms with E-state index < -0.39 is 40.4 Å². The van der Waals surface area contributed by atoms with Gasteiger partial charge in [0.05, 0.1) is 0 Å². The van der Waals surface area contributed by atoms with Gasteiger partial charge in [-0.25, -0.2) is 17.6 Å². The van der Waals surface area contributed by atoms with Crippen LogP contribution in [0.3, 0.4) is 0 Å². The van der Waals surface area contributed by atoms with Gasteiger partial charge in [-0.1, -0.05) is 18.2 Å². The highest BCUT2D eigenvalue weighted by molar-refractivity contribution is 6.04. The molecule has 0 aromatic heterocycles. The van der Waals surface area contributed by atoms with Crippen molar-refractivity contribution in [3.05, 3.63) is 64.7 Å². The molecule has 0 heterocycles. The van der Waals surface area contributed by atoms with Crippen LogP contribution in [0.25, 0.3) is 0 Å². The van der Waals surface area contributed by atoms with Gasteiger partial charge in [-0.2, -0.15) is 0 Å². The molecule has 0 radical (unpaired) electrons. The fourth-order valence-electron chi connectivity index (χ4n) is 1.63. The van der Waals surface area contributed by atoms with Crippen LogP contribution in [-0.4, -0.2) is 5.91 Å². The van der Waals surface area contributed by atoms with Crippen LogP contribution >= 0.6 is 0 Å². The number of carbonyl (C=O) groups excluding carboxylic acids is 1. The van der Waals surface area contributed by atoms with Crippen molar-refractivity contribution in [2.45, 2.75) is 6.92 Å². The number of amides is 1. The minimum absolute atomic E-state index is 0.104. The average Bonchev–Trinajstić information content (AvgIpc) is 2.48. The van der Waals surface area contributed by atoms with Gasteiger partial charge in [0.15, 0.2) is 23.3 Å². The van der Waals surface area contributed by atoms with Crippen LogP contribution in [0.1, 0.15) is 15.9 Å². The highest BCUT2D eigenvalue weighted by Crippen LogP contribution is 2.27. The maximum Gasteiger partial charge on any atom is 0.255 e. The lowest BCUT2D eigenvalue weighted by Gasteiger charge is -2.11. The summed E-state index contributed by atoms with van der Waals surface area (Å²) in [5.74, 6) is -7.21. The van der Waals surface area contributed by atoms with Gasteiger partial charge in [0.1, 0.15) is 5.69 Å². The number of anilines is 1. The van der Waals surface area contributed by atoms with Crippen molar-refractivity contribution < 1.29 is 22.4 Å². The van der Waals surface area contributed by atoms with Gasteiger partial charge in [-0.05, 0) is 19.1 Å². The molecule has 0 atom stereocenters. The van der Waals surface area contributed by atoms with Crippen molar-refractivity contribution in [2.24, 2.45) is 0 Å². The van der Waals surface area contributed by atoms with Crippen LogP contribution in [0.5, 0.6) is 0 Å². The summed E-state index contributed by atoms with van der Waals surface area (Å²) in [4.78, 5) is 11.7. The lowest BCUT2D eigenvalue weighted by molar-refractivity contribution is 0.102. The van der Waals surface area contributed by atoms with Crippen molar-refractivity contribution in [1.82, 2.24) is 0 Å². The molecule has 0 unspecified atom stereocenters. The molecular weight excluding hydrogens is 274 g/mol. The van der Waals surface area contributed by atoms with E-state index in [1.165, 1.54) is 24.3 Å². The van der Waals surface area contributed by atoms with Crippen LogP contribution in [-0.2, 0) is 0 Å². The maximum atomic E-state index is 13.6. The van der Waals surface area contributed by atoms with Crippen molar-refractivity contribution in [3.8, 4) is 0 Å². The predicted molar refractivity (Wildman–Crippen MR) is 65.4 cm³/mol. The van der Waals surface area contributed by atoms with E-state index in [4.69, 9.17) is 0 Å². The molecule has 104 valence electrons. The van der Waals surface area contributed by atoms with E-state index in [0.29, 0.717) is 0 Å². The number of benzene rings is 2. The summed E-state index contributed by atoms with van der Waals surface area (Å²) in [6, 6.07) is 7.51. The number of halogens is 4. The Hall–Kier alpha value is -2.37. The standard InChI is InChI=1S/C14H9F4NO/c1-7-9(15)11(17)13(12(18)10(7)16)19-14(20)8-5-3-2-4-6-8/h2-6H,1H3,(H,19,20). The molecule has 20 heavy (non-hydrogen) atoms. The average molecular weight is 283 g/mol. The first-order chi connectivity index (χ1) is 9.43. The Kier molecular flexibility index (Phi) is 3.74. The fraction of sp³-hybridized carbons (Fsp3) is 0.0714. The summed E-state index contributed by atoms with van der Waals surface area (Å²) in [6.07, 6.45) is 0. The third-order valence-electron chi connectivity index (χ3n) is 2.76. The first kappa shape index (κ1) is 14.0. The Labute approximate surface area is 112 Å². The normalized spacial score (nSPS) is 10.4. The second-order valence-electron chi connectivity index (χ2n) is 4.08. The zero-order valence-corrected chi connectivity index (χ0v) is 10.3. The van der Waals surface area contributed by atoms with Gasteiger partial charge in [0.25, 0.3) is 5.91 Å². The zero-order valence-electron chi connectivity index (χ0n) is 10.3.